The molecule has 0 N–H and O–H groups in total. The van der Waals surface area contributed by atoms with Gasteiger partial charge in [-0.05, 0) is 111 Å². The summed E-state index contributed by atoms with van der Waals surface area (Å²) in [5, 5.41) is 0. The van der Waals surface area contributed by atoms with Crippen LogP contribution in [-0.4, -0.2) is 23.1 Å². The van der Waals surface area contributed by atoms with Gasteiger partial charge in [0.25, 0.3) is 0 Å². The monoisotopic (exact) mass is 628 g/mol. The molecule has 252 valence electrons. The standard InChI is InChI=1S/C39H52O4.C3H8/c1-6-9-32(33(7-2)37(42)20-26(5)40)22-29-23-35-34(19-10-25(4)39(35)38(43)24-29)30-15-11-27(12-16-30)21-28-13-17-31(18-14-28)36(41)8-3;1-3-2/h10-12,15-16,19,28-29,31-33H,6-9,13-14,17-18,20-24H2,1-5H3;3H2,1-2H3. The molecule has 2 aliphatic carbocycles. The number of carbonyl (C=O) groups excluding carboxylic acids is 4. The van der Waals surface area contributed by atoms with E-state index in [-0.39, 0.29) is 47.4 Å². The van der Waals surface area contributed by atoms with Crippen LogP contribution in [0.3, 0.4) is 0 Å². The van der Waals surface area contributed by atoms with E-state index in [0.29, 0.717) is 24.5 Å². The fraction of sp³-hybridized carbons (Fsp3) is 0.619. The van der Waals surface area contributed by atoms with Gasteiger partial charge in [0, 0.05) is 30.2 Å². The van der Waals surface area contributed by atoms with E-state index in [2.05, 4.69) is 64.1 Å². The van der Waals surface area contributed by atoms with E-state index < -0.39 is 0 Å². The number of aryl methyl sites for hydroxylation is 1. The Labute approximate surface area is 279 Å². The molecule has 4 nitrogen and oxygen atoms in total. The largest absolute Gasteiger partial charge is 0.300 e. The van der Waals surface area contributed by atoms with Crippen LogP contribution in [0.25, 0.3) is 11.1 Å². The normalized spacial score (nSPS) is 20.6. The predicted molar refractivity (Wildman–Crippen MR) is 190 cm³/mol. The minimum atomic E-state index is -0.118. The molecular formula is C42H60O4. The van der Waals surface area contributed by atoms with Crippen LogP contribution in [0.2, 0.25) is 0 Å². The van der Waals surface area contributed by atoms with E-state index in [9.17, 15) is 19.2 Å². The summed E-state index contributed by atoms with van der Waals surface area (Å²) in [6.45, 7) is 14.0. The van der Waals surface area contributed by atoms with E-state index in [1.54, 1.807) is 0 Å². The second-order valence-electron chi connectivity index (χ2n) is 14.3. The van der Waals surface area contributed by atoms with Crippen LogP contribution in [0, 0.1) is 36.5 Å². The first kappa shape index (κ1) is 37.6. The van der Waals surface area contributed by atoms with Gasteiger partial charge in [-0.1, -0.05) is 90.3 Å². The first-order chi connectivity index (χ1) is 22.1. The van der Waals surface area contributed by atoms with Crippen LogP contribution in [-0.2, 0) is 27.2 Å². The highest BCUT2D eigenvalue weighted by Gasteiger charge is 2.34. The van der Waals surface area contributed by atoms with Gasteiger partial charge in [-0.3, -0.25) is 19.2 Å². The summed E-state index contributed by atoms with van der Waals surface area (Å²) in [6, 6.07) is 13.2. The molecule has 3 atom stereocenters. The SMILES string of the molecule is CCC.CCCC(CC1CC(=O)c2c(C)ccc(-c3ccc(CC4CCC(C(=O)CC)CC4)cc3)c2C1)C(CC)C(=O)CC(C)=O. The Bertz CT molecular complexity index is 1310. The summed E-state index contributed by atoms with van der Waals surface area (Å²) in [4.78, 5) is 50.4. The molecule has 0 aromatic heterocycles. The molecule has 0 radical (unpaired) electrons. The number of hydrogen-bond acceptors (Lipinski definition) is 4. The van der Waals surface area contributed by atoms with Crippen LogP contribution in [0.5, 0.6) is 0 Å². The maximum atomic E-state index is 13.6. The van der Waals surface area contributed by atoms with Crippen molar-refractivity contribution in [1.82, 2.24) is 0 Å². The Morgan fingerprint density at radius 1 is 0.848 bits per heavy atom. The summed E-state index contributed by atoms with van der Waals surface area (Å²) in [7, 11) is 0. The Balaban J connectivity index is 0.00000185. The van der Waals surface area contributed by atoms with E-state index in [1.807, 2.05) is 13.8 Å². The van der Waals surface area contributed by atoms with E-state index >= 15 is 0 Å². The maximum Gasteiger partial charge on any atom is 0.163 e. The summed E-state index contributed by atoms with van der Waals surface area (Å²) in [5.41, 5.74) is 6.74. The molecule has 0 heterocycles. The van der Waals surface area contributed by atoms with Gasteiger partial charge in [0.2, 0.25) is 0 Å². The Kier molecular flexibility index (Phi) is 15.1. The predicted octanol–water partition coefficient (Wildman–Crippen LogP) is 10.5. The lowest BCUT2D eigenvalue weighted by molar-refractivity contribution is -0.130. The zero-order valence-corrected chi connectivity index (χ0v) is 29.9. The van der Waals surface area contributed by atoms with E-state index in [0.717, 1.165) is 92.0 Å². The number of hydrogen-bond donors (Lipinski definition) is 0. The molecule has 0 aliphatic heterocycles. The average Bonchev–Trinajstić information content (AvgIpc) is 3.02. The van der Waals surface area contributed by atoms with Crippen molar-refractivity contribution in [3.05, 3.63) is 58.7 Å². The highest BCUT2D eigenvalue weighted by molar-refractivity contribution is 6.02. The Hall–Kier alpha value is -2.88. The molecule has 1 fully saturated rings. The Morgan fingerprint density at radius 2 is 1.50 bits per heavy atom. The lowest BCUT2D eigenvalue weighted by Crippen LogP contribution is -2.30. The summed E-state index contributed by atoms with van der Waals surface area (Å²) in [5.74, 6) is 1.84. The number of Topliss-reactive ketones (excluding diaryl/α,β-unsaturated/α-hetero) is 4. The van der Waals surface area contributed by atoms with Crippen molar-refractivity contribution in [2.75, 3.05) is 0 Å². The van der Waals surface area contributed by atoms with Crippen LogP contribution in [0.15, 0.2) is 36.4 Å². The van der Waals surface area contributed by atoms with Gasteiger partial charge in [-0.2, -0.15) is 0 Å². The molecule has 4 rings (SSSR count). The van der Waals surface area contributed by atoms with E-state index in [4.69, 9.17) is 0 Å². The Morgan fingerprint density at radius 3 is 2.07 bits per heavy atom. The lowest BCUT2D eigenvalue weighted by Gasteiger charge is -2.32. The maximum absolute atomic E-state index is 13.6. The first-order valence-corrected chi connectivity index (χ1v) is 18.4. The van der Waals surface area contributed by atoms with Crippen molar-refractivity contribution >= 4 is 23.1 Å². The summed E-state index contributed by atoms with van der Waals surface area (Å²) >= 11 is 0. The molecule has 2 aliphatic rings. The topological polar surface area (TPSA) is 68.3 Å². The second-order valence-corrected chi connectivity index (χ2v) is 14.3. The van der Waals surface area contributed by atoms with Crippen molar-refractivity contribution in [3.63, 3.8) is 0 Å². The molecule has 0 saturated heterocycles. The average molecular weight is 629 g/mol. The highest BCUT2D eigenvalue weighted by Crippen LogP contribution is 2.40. The third-order valence-electron chi connectivity index (χ3n) is 10.3. The number of carbonyl (C=O) groups is 4. The van der Waals surface area contributed by atoms with Crippen molar-refractivity contribution in [1.29, 1.82) is 0 Å². The van der Waals surface area contributed by atoms with Gasteiger partial charge in [0.1, 0.15) is 17.3 Å². The van der Waals surface area contributed by atoms with Crippen LogP contribution < -0.4 is 0 Å². The molecule has 3 unspecified atom stereocenters. The molecule has 0 bridgehead atoms. The van der Waals surface area contributed by atoms with Gasteiger partial charge < -0.3 is 0 Å². The van der Waals surface area contributed by atoms with Crippen LogP contribution >= 0.6 is 0 Å². The van der Waals surface area contributed by atoms with Gasteiger partial charge >= 0.3 is 0 Å². The van der Waals surface area contributed by atoms with Crippen molar-refractivity contribution < 1.29 is 19.2 Å². The summed E-state index contributed by atoms with van der Waals surface area (Å²) < 4.78 is 0. The smallest absolute Gasteiger partial charge is 0.163 e. The van der Waals surface area contributed by atoms with Crippen molar-refractivity contribution in [2.45, 2.75) is 138 Å². The number of benzene rings is 2. The van der Waals surface area contributed by atoms with Gasteiger partial charge in [0.15, 0.2) is 5.78 Å². The van der Waals surface area contributed by atoms with E-state index in [1.165, 1.54) is 18.9 Å². The lowest BCUT2D eigenvalue weighted by atomic mass is 9.71. The molecule has 2 aromatic carbocycles. The minimum Gasteiger partial charge on any atom is -0.300 e. The molecule has 1 saturated carbocycles. The number of ketones is 4. The fourth-order valence-corrected chi connectivity index (χ4v) is 8.14. The van der Waals surface area contributed by atoms with Crippen molar-refractivity contribution in [2.24, 2.45) is 29.6 Å². The molecule has 0 spiro atoms. The fourth-order valence-electron chi connectivity index (χ4n) is 8.14. The first-order valence-electron chi connectivity index (χ1n) is 18.4. The molecule has 0 amide bonds. The van der Waals surface area contributed by atoms with Gasteiger partial charge in [-0.25, -0.2) is 0 Å². The quantitative estimate of drug-likeness (QED) is 0.195. The zero-order valence-electron chi connectivity index (χ0n) is 29.9. The van der Waals surface area contributed by atoms with Gasteiger partial charge in [0.05, 0.1) is 6.42 Å². The third-order valence-corrected chi connectivity index (χ3v) is 10.3. The van der Waals surface area contributed by atoms with Crippen LogP contribution in [0.4, 0.5) is 0 Å². The molecular weight excluding hydrogens is 568 g/mol. The number of rotatable bonds is 14. The molecule has 4 heteroatoms. The zero-order chi connectivity index (χ0) is 33.8. The molecule has 2 aromatic rings. The van der Waals surface area contributed by atoms with Gasteiger partial charge in [-0.15, -0.1) is 0 Å². The van der Waals surface area contributed by atoms with Crippen molar-refractivity contribution in [3.8, 4) is 11.1 Å². The number of fused-ring (bicyclic) bond motifs is 1. The second kappa shape index (κ2) is 18.5. The summed E-state index contributed by atoms with van der Waals surface area (Å²) in [6.07, 6.45) is 12.2. The minimum absolute atomic E-state index is 0.0181. The van der Waals surface area contributed by atoms with Crippen LogP contribution in [0.1, 0.15) is 146 Å². The highest BCUT2D eigenvalue weighted by atomic mass is 16.1. The third kappa shape index (κ3) is 10.1. The molecule has 46 heavy (non-hydrogen) atoms.